The van der Waals surface area contributed by atoms with Gasteiger partial charge in [-0.3, -0.25) is 19.6 Å². The highest BCUT2D eigenvalue weighted by atomic mass is 16.5. The van der Waals surface area contributed by atoms with Crippen LogP contribution >= 0.6 is 0 Å². The number of rotatable bonds is 9. The Hall–Kier alpha value is -4.49. The number of anilines is 1. The monoisotopic (exact) mass is 513 g/mol. The van der Waals surface area contributed by atoms with E-state index in [0.717, 1.165) is 11.1 Å². The zero-order chi connectivity index (χ0) is 27.5. The first kappa shape index (κ1) is 28.1. The summed E-state index contributed by atoms with van der Waals surface area (Å²) in [7, 11) is 0. The van der Waals surface area contributed by atoms with Crippen LogP contribution in [0.25, 0.3) is 0 Å². The van der Waals surface area contributed by atoms with E-state index in [9.17, 15) is 14.4 Å². The Morgan fingerprint density at radius 2 is 1.53 bits per heavy atom. The van der Waals surface area contributed by atoms with Crippen molar-refractivity contribution in [2.75, 3.05) is 18.4 Å². The summed E-state index contributed by atoms with van der Waals surface area (Å²) in [6.07, 6.45) is 0. The van der Waals surface area contributed by atoms with Gasteiger partial charge in [0, 0.05) is 35.0 Å². The van der Waals surface area contributed by atoms with Crippen molar-refractivity contribution in [3.05, 3.63) is 101 Å². The molecule has 38 heavy (non-hydrogen) atoms. The van der Waals surface area contributed by atoms with Crippen LogP contribution in [-0.4, -0.2) is 42.1 Å². The molecular formula is C29H31N5O4. The summed E-state index contributed by atoms with van der Waals surface area (Å²) in [5.41, 5.74) is 11.7. The fourth-order valence-electron chi connectivity index (χ4n) is 3.67. The zero-order valence-electron chi connectivity index (χ0n) is 21.2. The van der Waals surface area contributed by atoms with Gasteiger partial charge in [-0.15, -0.1) is 0 Å². The highest BCUT2D eigenvalue weighted by molar-refractivity contribution is 5.97. The molecular weight excluding hydrogens is 482 g/mol. The summed E-state index contributed by atoms with van der Waals surface area (Å²) in [6.45, 7) is 4.11. The van der Waals surface area contributed by atoms with E-state index >= 15 is 0 Å². The molecule has 0 saturated carbocycles. The molecule has 1 unspecified atom stereocenters. The summed E-state index contributed by atoms with van der Waals surface area (Å²) in [6, 6.07) is 20.8. The molecule has 0 heterocycles. The molecule has 0 aliphatic heterocycles. The Balaban J connectivity index is 1.51. The van der Waals surface area contributed by atoms with Crippen LogP contribution in [0, 0.1) is 18.8 Å². The Bertz CT molecular complexity index is 1330. The van der Waals surface area contributed by atoms with E-state index in [0.29, 0.717) is 16.8 Å². The smallest absolute Gasteiger partial charge is 0.267 e. The molecule has 3 amide bonds. The summed E-state index contributed by atoms with van der Waals surface area (Å²) in [5.74, 6) is 4.64. The molecule has 0 spiro atoms. The third-order valence-electron chi connectivity index (χ3n) is 5.86. The van der Waals surface area contributed by atoms with Crippen LogP contribution in [-0.2, 0) is 9.59 Å². The van der Waals surface area contributed by atoms with Crippen molar-refractivity contribution in [1.29, 1.82) is 0 Å². The van der Waals surface area contributed by atoms with Crippen molar-refractivity contribution in [2.24, 2.45) is 5.73 Å². The molecule has 0 radical (unpaired) electrons. The van der Waals surface area contributed by atoms with Crippen molar-refractivity contribution in [3.63, 3.8) is 0 Å². The van der Waals surface area contributed by atoms with E-state index in [-0.39, 0.29) is 25.0 Å². The number of amides is 3. The largest absolute Gasteiger partial charge is 0.339 e. The number of hydrogen-bond donors (Lipinski definition) is 6. The molecule has 0 bridgehead atoms. The average molecular weight is 514 g/mol. The van der Waals surface area contributed by atoms with Gasteiger partial charge in [0.25, 0.3) is 11.8 Å². The van der Waals surface area contributed by atoms with Gasteiger partial charge in [0.15, 0.2) is 0 Å². The van der Waals surface area contributed by atoms with Crippen LogP contribution < -0.4 is 27.2 Å². The minimum Gasteiger partial charge on any atom is -0.339 e. The summed E-state index contributed by atoms with van der Waals surface area (Å²) >= 11 is 0. The van der Waals surface area contributed by atoms with Gasteiger partial charge in [-0.05, 0) is 73.5 Å². The molecule has 0 aliphatic carbocycles. The van der Waals surface area contributed by atoms with E-state index in [1.807, 2.05) is 44.2 Å². The predicted molar refractivity (Wildman–Crippen MR) is 145 cm³/mol. The van der Waals surface area contributed by atoms with E-state index in [1.54, 1.807) is 36.4 Å². The first-order chi connectivity index (χ1) is 18.3. The van der Waals surface area contributed by atoms with Crippen LogP contribution in [0.2, 0.25) is 0 Å². The van der Waals surface area contributed by atoms with Gasteiger partial charge in [-0.25, -0.2) is 5.48 Å². The molecule has 3 aromatic rings. The van der Waals surface area contributed by atoms with Crippen LogP contribution in [0.5, 0.6) is 0 Å². The molecule has 3 rings (SSSR count). The van der Waals surface area contributed by atoms with Crippen molar-refractivity contribution < 1.29 is 19.6 Å². The lowest BCUT2D eigenvalue weighted by molar-refractivity contribution is -0.130. The second kappa shape index (κ2) is 13.7. The lowest BCUT2D eigenvalue weighted by atomic mass is 10.0. The number of carbonyl (C=O) groups is 3. The molecule has 0 aromatic heterocycles. The maximum Gasteiger partial charge on any atom is 0.267 e. The summed E-state index contributed by atoms with van der Waals surface area (Å²) in [4.78, 5) is 36.1. The van der Waals surface area contributed by atoms with Crippen LogP contribution in [0.1, 0.15) is 45.6 Å². The Morgan fingerprint density at radius 1 is 0.921 bits per heavy atom. The van der Waals surface area contributed by atoms with Gasteiger partial charge in [-0.1, -0.05) is 36.1 Å². The topological polar surface area (TPSA) is 146 Å². The molecule has 2 atom stereocenters. The third-order valence-corrected chi connectivity index (χ3v) is 5.86. The van der Waals surface area contributed by atoms with Crippen LogP contribution in [0.3, 0.4) is 0 Å². The molecule has 3 aromatic carbocycles. The Kier molecular flexibility index (Phi) is 10.1. The van der Waals surface area contributed by atoms with Crippen molar-refractivity contribution in [2.45, 2.75) is 25.9 Å². The standard InChI is InChI=1S/C29H31N5O4/c1-19-5-3-4-6-25(19)20(2)31-18-27(35)32-24-15-11-22(12-16-24)8-7-21-9-13-23(14-10-21)28(36)33-26(17-30)29(37)34-38/h3-6,9-16,20,26,31,38H,17-18,30H2,1-2H3,(H,32,35)(H,33,36)(H,34,37)/t20?,26-/m0/s1. The quantitative estimate of drug-likeness (QED) is 0.147. The number of benzene rings is 3. The molecule has 9 nitrogen and oxygen atoms in total. The Morgan fingerprint density at radius 3 is 2.11 bits per heavy atom. The average Bonchev–Trinajstić information content (AvgIpc) is 2.94. The van der Waals surface area contributed by atoms with Gasteiger partial charge < -0.3 is 21.7 Å². The molecule has 9 heteroatoms. The van der Waals surface area contributed by atoms with Gasteiger partial charge in [0.1, 0.15) is 6.04 Å². The minimum absolute atomic E-state index is 0.0543. The second-order valence-corrected chi connectivity index (χ2v) is 8.65. The third kappa shape index (κ3) is 8.01. The molecule has 0 saturated heterocycles. The first-order valence-electron chi connectivity index (χ1n) is 12.1. The van der Waals surface area contributed by atoms with Gasteiger partial charge in [0.2, 0.25) is 5.91 Å². The normalized spacial score (nSPS) is 11.9. The first-order valence-corrected chi connectivity index (χ1v) is 12.1. The van der Waals surface area contributed by atoms with Gasteiger partial charge >= 0.3 is 0 Å². The fourth-order valence-corrected chi connectivity index (χ4v) is 3.67. The summed E-state index contributed by atoms with van der Waals surface area (Å²) < 4.78 is 0. The van der Waals surface area contributed by atoms with Gasteiger partial charge in [0.05, 0.1) is 6.54 Å². The van der Waals surface area contributed by atoms with Crippen LogP contribution in [0.4, 0.5) is 5.69 Å². The van der Waals surface area contributed by atoms with Gasteiger partial charge in [-0.2, -0.15) is 0 Å². The highest BCUT2D eigenvalue weighted by Gasteiger charge is 2.19. The fraction of sp³-hybridized carbons (Fsp3) is 0.207. The van der Waals surface area contributed by atoms with Crippen molar-refractivity contribution in [1.82, 2.24) is 16.1 Å². The minimum atomic E-state index is -1.04. The molecule has 196 valence electrons. The van der Waals surface area contributed by atoms with E-state index in [1.165, 1.54) is 11.0 Å². The van der Waals surface area contributed by atoms with E-state index < -0.39 is 17.9 Å². The molecule has 7 N–H and O–H groups in total. The predicted octanol–water partition coefficient (Wildman–Crippen LogP) is 2.25. The lowest BCUT2D eigenvalue weighted by Crippen LogP contribution is -2.50. The van der Waals surface area contributed by atoms with Crippen LogP contribution in [0.15, 0.2) is 72.8 Å². The number of aryl methyl sites for hydroxylation is 1. The summed E-state index contributed by atoms with van der Waals surface area (Å²) in [5, 5.41) is 17.3. The zero-order valence-corrected chi connectivity index (χ0v) is 21.2. The SMILES string of the molecule is Cc1ccccc1C(C)NCC(=O)Nc1ccc(C#Cc2ccc(C(=O)N[C@@H](CN)C(=O)NO)cc2)cc1. The van der Waals surface area contributed by atoms with Crippen molar-refractivity contribution in [3.8, 4) is 11.8 Å². The molecule has 0 fully saturated rings. The number of nitrogens with one attached hydrogen (secondary N) is 4. The van der Waals surface area contributed by atoms with E-state index in [2.05, 4.69) is 33.9 Å². The number of hydrogen-bond acceptors (Lipinski definition) is 6. The lowest BCUT2D eigenvalue weighted by Gasteiger charge is -2.16. The maximum atomic E-state index is 12.4. The van der Waals surface area contributed by atoms with E-state index in [4.69, 9.17) is 10.9 Å². The Labute approximate surface area is 221 Å². The number of hydroxylamine groups is 1. The second-order valence-electron chi connectivity index (χ2n) is 8.65. The number of nitrogens with two attached hydrogens (primary N) is 1. The number of carbonyl (C=O) groups excluding carboxylic acids is 3. The molecule has 0 aliphatic rings. The highest BCUT2D eigenvalue weighted by Crippen LogP contribution is 2.16. The van der Waals surface area contributed by atoms with Crippen molar-refractivity contribution >= 4 is 23.4 Å². The maximum absolute atomic E-state index is 12.4.